The molecule has 2 aromatic rings. The highest BCUT2D eigenvalue weighted by Gasteiger charge is 2.05. The van der Waals surface area contributed by atoms with E-state index < -0.39 is 0 Å². The molecular formula is C11H9Cl2N. The first-order valence-corrected chi connectivity index (χ1v) is 5.06. The minimum absolute atomic E-state index is 0.487. The highest BCUT2D eigenvalue weighted by Crippen LogP contribution is 2.27. The molecule has 0 N–H and O–H groups in total. The molecule has 0 unspecified atom stereocenters. The third-order valence-electron chi connectivity index (χ3n) is 2.19. The fourth-order valence-electron chi connectivity index (χ4n) is 1.54. The minimum Gasteiger partial charge on any atom is -0.235 e. The molecule has 0 atom stereocenters. The predicted molar refractivity (Wildman–Crippen MR) is 61.2 cm³/mol. The highest BCUT2D eigenvalue weighted by atomic mass is 35.5. The molecule has 0 saturated carbocycles. The summed E-state index contributed by atoms with van der Waals surface area (Å²) >= 11 is 12.0. The molecule has 3 heteroatoms. The van der Waals surface area contributed by atoms with Crippen molar-refractivity contribution in [2.24, 2.45) is 0 Å². The number of hydrogen-bond donors (Lipinski definition) is 0. The Hall–Kier alpha value is -0.790. The molecule has 1 heterocycles. The molecule has 0 fully saturated rings. The molecule has 2 rings (SSSR count). The fourth-order valence-corrected chi connectivity index (χ4v) is 2.11. The van der Waals surface area contributed by atoms with Gasteiger partial charge in [0.2, 0.25) is 0 Å². The molecule has 1 aromatic heterocycles. The Balaban J connectivity index is 2.94. The third kappa shape index (κ3) is 1.58. The second-order valence-electron chi connectivity index (χ2n) is 3.40. The van der Waals surface area contributed by atoms with Crippen LogP contribution in [-0.2, 0) is 0 Å². The van der Waals surface area contributed by atoms with Crippen molar-refractivity contribution in [2.45, 2.75) is 13.8 Å². The van der Waals surface area contributed by atoms with Crippen molar-refractivity contribution >= 4 is 34.1 Å². The standard InChI is InChI=1S/C11H9Cl2N/c1-6-3-8-7(2)5-10(13)14-11(8)9(12)4-6/h3-5H,1-2H3. The molecule has 72 valence electrons. The van der Waals surface area contributed by atoms with Crippen LogP contribution >= 0.6 is 23.2 Å². The van der Waals surface area contributed by atoms with E-state index in [4.69, 9.17) is 23.2 Å². The average molecular weight is 226 g/mol. The van der Waals surface area contributed by atoms with Crippen molar-refractivity contribution in [2.75, 3.05) is 0 Å². The number of rotatable bonds is 0. The molecular weight excluding hydrogens is 217 g/mol. The van der Waals surface area contributed by atoms with E-state index in [9.17, 15) is 0 Å². The molecule has 1 nitrogen and oxygen atoms in total. The number of halogens is 2. The number of aryl methyl sites for hydroxylation is 2. The van der Waals surface area contributed by atoms with Crippen LogP contribution in [0.4, 0.5) is 0 Å². The van der Waals surface area contributed by atoms with Crippen LogP contribution in [0, 0.1) is 13.8 Å². The molecule has 0 bridgehead atoms. The lowest BCUT2D eigenvalue weighted by Gasteiger charge is -2.05. The zero-order valence-electron chi connectivity index (χ0n) is 7.94. The lowest BCUT2D eigenvalue weighted by atomic mass is 10.1. The first-order chi connectivity index (χ1) is 6.58. The first-order valence-electron chi connectivity index (χ1n) is 4.31. The van der Waals surface area contributed by atoms with E-state index in [-0.39, 0.29) is 0 Å². The Morgan fingerprint density at radius 2 is 1.79 bits per heavy atom. The van der Waals surface area contributed by atoms with Crippen molar-refractivity contribution in [3.63, 3.8) is 0 Å². The molecule has 0 spiro atoms. The van der Waals surface area contributed by atoms with Crippen molar-refractivity contribution in [1.82, 2.24) is 4.98 Å². The average Bonchev–Trinajstić information content (AvgIpc) is 2.07. The summed E-state index contributed by atoms with van der Waals surface area (Å²) in [6.45, 7) is 4.02. The summed E-state index contributed by atoms with van der Waals surface area (Å²) < 4.78 is 0. The third-order valence-corrected chi connectivity index (χ3v) is 2.67. The quantitative estimate of drug-likeness (QED) is 0.614. The van der Waals surface area contributed by atoms with Gasteiger partial charge in [-0.3, -0.25) is 0 Å². The maximum absolute atomic E-state index is 6.09. The van der Waals surface area contributed by atoms with Crippen LogP contribution < -0.4 is 0 Å². The Kier molecular flexibility index (Phi) is 2.38. The van der Waals surface area contributed by atoms with E-state index in [1.807, 2.05) is 26.0 Å². The SMILES string of the molecule is Cc1cc(Cl)c2nc(Cl)cc(C)c2c1. The van der Waals surface area contributed by atoms with Gasteiger partial charge in [-0.1, -0.05) is 23.2 Å². The Bertz CT molecular complexity index is 459. The number of hydrogen-bond acceptors (Lipinski definition) is 1. The summed E-state index contributed by atoms with van der Waals surface area (Å²) in [4.78, 5) is 4.21. The maximum Gasteiger partial charge on any atom is 0.130 e. The summed E-state index contributed by atoms with van der Waals surface area (Å²) in [5.74, 6) is 0. The van der Waals surface area contributed by atoms with Crippen molar-refractivity contribution in [3.05, 3.63) is 39.5 Å². The lowest BCUT2D eigenvalue weighted by Crippen LogP contribution is -1.86. The molecule has 0 aliphatic heterocycles. The normalized spacial score (nSPS) is 10.9. The van der Waals surface area contributed by atoms with Crippen LogP contribution in [0.2, 0.25) is 10.2 Å². The maximum atomic E-state index is 6.09. The van der Waals surface area contributed by atoms with Crippen molar-refractivity contribution < 1.29 is 0 Å². The molecule has 0 saturated heterocycles. The molecule has 0 radical (unpaired) electrons. The topological polar surface area (TPSA) is 12.9 Å². The van der Waals surface area contributed by atoms with Gasteiger partial charge in [-0.05, 0) is 43.2 Å². The number of benzene rings is 1. The van der Waals surface area contributed by atoms with E-state index in [1.54, 1.807) is 0 Å². The summed E-state index contributed by atoms with van der Waals surface area (Å²) in [5.41, 5.74) is 3.02. The van der Waals surface area contributed by atoms with E-state index in [2.05, 4.69) is 11.1 Å². The summed E-state index contributed by atoms with van der Waals surface area (Å²) in [6, 6.07) is 5.81. The monoisotopic (exact) mass is 225 g/mol. The largest absolute Gasteiger partial charge is 0.235 e. The first kappa shape index (κ1) is 9.75. The van der Waals surface area contributed by atoms with Gasteiger partial charge in [0.25, 0.3) is 0 Å². The van der Waals surface area contributed by atoms with Gasteiger partial charge in [-0.15, -0.1) is 0 Å². The minimum atomic E-state index is 0.487. The van der Waals surface area contributed by atoms with E-state index in [0.717, 1.165) is 22.0 Å². The fraction of sp³-hybridized carbons (Fsp3) is 0.182. The summed E-state index contributed by atoms with van der Waals surface area (Å²) in [7, 11) is 0. The van der Waals surface area contributed by atoms with Crippen LogP contribution in [-0.4, -0.2) is 4.98 Å². The second-order valence-corrected chi connectivity index (χ2v) is 4.20. The van der Waals surface area contributed by atoms with Crippen molar-refractivity contribution in [1.29, 1.82) is 0 Å². The van der Waals surface area contributed by atoms with Gasteiger partial charge in [-0.25, -0.2) is 4.98 Å². The molecule has 0 amide bonds. The van der Waals surface area contributed by atoms with Gasteiger partial charge in [0.15, 0.2) is 0 Å². The highest BCUT2D eigenvalue weighted by molar-refractivity contribution is 6.36. The zero-order valence-corrected chi connectivity index (χ0v) is 9.45. The van der Waals surface area contributed by atoms with Gasteiger partial charge in [0, 0.05) is 5.39 Å². The van der Waals surface area contributed by atoms with Crippen LogP contribution in [0.5, 0.6) is 0 Å². The number of nitrogens with zero attached hydrogens (tertiary/aromatic N) is 1. The second kappa shape index (κ2) is 3.41. The number of fused-ring (bicyclic) bond motifs is 1. The van der Waals surface area contributed by atoms with Gasteiger partial charge in [0.1, 0.15) is 5.15 Å². The van der Waals surface area contributed by atoms with Gasteiger partial charge < -0.3 is 0 Å². The van der Waals surface area contributed by atoms with E-state index in [0.29, 0.717) is 10.2 Å². The molecule has 14 heavy (non-hydrogen) atoms. The van der Waals surface area contributed by atoms with Crippen LogP contribution in [0.15, 0.2) is 18.2 Å². The predicted octanol–water partition coefficient (Wildman–Crippen LogP) is 4.16. The number of aromatic nitrogens is 1. The smallest absolute Gasteiger partial charge is 0.130 e. The Morgan fingerprint density at radius 3 is 2.50 bits per heavy atom. The van der Waals surface area contributed by atoms with Gasteiger partial charge in [-0.2, -0.15) is 0 Å². The zero-order chi connectivity index (χ0) is 10.3. The summed E-state index contributed by atoms with van der Waals surface area (Å²) in [6.07, 6.45) is 0. The van der Waals surface area contributed by atoms with Gasteiger partial charge >= 0.3 is 0 Å². The lowest BCUT2D eigenvalue weighted by molar-refractivity contribution is 1.35. The van der Waals surface area contributed by atoms with Crippen LogP contribution in [0.3, 0.4) is 0 Å². The van der Waals surface area contributed by atoms with Crippen molar-refractivity contribution in [3.8, 4) is 0 Å². The Labute approximate surface area is 92.7 Å². The molecule has 1 aromatic carbocycles. The Morgan fingerprint density at radius 1 is 1.07 bits per heavy atom. The van der Waals surface area contributed by atoms with E-state index in [1.165, 1.54) is 0 Å². The van der Waals surface area contributed by atoms with Crippen LogP contribution in [0.1, 0.15) is 11.1 Å². The molecule has 0 aliphatic rings. The van der Waals surface area contributed by atoms with Crippen LogP contribution in [0.25, 0.3) is 10.9 Å². The molecule has 0 aliphatic carbocycles. The van der Waals surface area contributed by atoms with Gasteiger partial charge in [0.05, 0.1) is 10.5 Å². The summed E-state index contributed by atoms with van der Waals surface area (Å²) in [5, 5.41) is 2.21. The number of pyridine rings is 1. The van der Waals surface area contributed by atoms with E-state index >= 15 is 0 Å².